The van der Waals surface area contributed by atoms with Crippen molar-refractivity contribution in [1.82, 2.24) is 14.5 Å². The number of halogens is 1. The van der Waals surface area contributed by atoms with Crippen LogP contribution in [0, 0.1) is 17.7 Å². The van der Waals surface area contributed by atoms with E-state index in [0.717, 1.165) is 38.1 Å². The lowest BCUT2D eigenvalue weighted by Crippen LogP contribution is -2.33. The number of anilines is 2. The molecule has 3 aromatic rings. The molecule has 4 heterocycles. The van der Waals surface area contributed by atoms with Gasteiger partial charge in [-0.05, 0) is 30.3 Å². The maximum Gasteiger partial charge on any atom is 0.255 e. The smallest absolute Gasteiger partial charge is 0.255 e. The SMILES string of the molecule is COc1ccc(N2C[C@@H]3CN(c4nc(-c5ccncc5F)cc(=O)n4C)C[C@@H]3C2)cc1. The van der Waals surface area contributed by atoms with Gasteiger partial charge in [-0.3, -0.25) is 14.3 Å². The maximum atomic E-state index is 14.2. The van der Waals surface area contributed by atoms with Gasteiger partial charge in [0.05, 0.1) is 19.0 Å². The predicted octanol–water partition coefficient (Wildman–Crippen LogP) is 2.56. The summed E-state index contributed by atoms with van der Waals surface area (Å²) >= 11 is 0. The number of rotatable bonds is 4. The Labute approximate surface area is 179 Å². The molecule has 160 valence electrons. The highest BCUT2D eigenvalue weighted by molar-refractivity contribution is 5.60. The van der Waals surface area contributed by atoms with Crippen molar-refractivity contribution in [2.45, 2.75) is 0 Å². The quantitative estimate of drug-likeness (QED) is 0.645. The molecular weight excluding hydrogens is 397 g/mol. The van der Waals surface area contributed by atoms with Crippen molar-refractivity contribution in [1.29, 1.82) is 0 Å². The summed E-state index contributed by atoms with van der Waals surface area (Å²) in [5.41, 5.74) is 1.63. The molecule has 0 radical (unpaired) electrons. The summed E-state index contributed by atoms with van der Waals surface area (Å²) in [7, 11) is 3.39. The molecule has 2 aliphatic heterocycles. The second-order valence-electron chi connectivity index (χ2n) is 8.22. The van der Waals surface area contributed by atoms with Crippen molar-refractivity contribution in [2.75, 3.05) is 43.1 Å². The number of hydrogen-bond acceptors (Lipinski definition) is 6. The van der Waals surface area contributed by atoms with Gasteiger partial charge in [-0.2, -0.15) is 0 Å². The van der Waals surface area contributed by atoms with Gasteiger partial charge < -0.3 is 14.5 Å². The highest BCUT2D eigenvalue weighted by Crippen LogP contribution is 2.36. The molecule has 2 atom stereocenters. The van der Waals surface area contributed by atoms with Crippen LogP contribution in [0.2, 0.25) is 0 Å². The first-order chi connectivity index (χ1) is 15.0. The van der Waals surface area contributed by atoms with E-state index in [1.54, 1.807) is 24.8 Å². The minimum absolute atomic E-state index is 0.201. The van der Waals surface area contributed by atoms with Crippen LogP contribution in [0.3, 0.4) is 0 Å². The van der Waals surface area contributed by atoms with E-state index in [0.29, 0.717) is 29.0 Å². The number of ether oxygens (including phenoxy) is 1. The van der Waals surface area contributed by atoms with Gasteiger partial charge in [-0.25, -0.2) is 9.37 Å². The fourth-order valence-corrected chi connectivity index (χ4v) is 4.69. The van der Waals surface area contributed by atoms with E-state index >= 15 is 0 Å². The van der Waals surface area contributed by atoms with Crippen molar-refractivity contribution in [3.8, 4) is 17.0 Å². The summed E-state index contributed by atoms with van der Waals surface area (Å²) in [4.78, 5) is 25.6. The number of nitrogens with zero attached hydrogens (tertiary/aromatic N) is 5. The lowest BCUT2D eigenvalue weighted by molar-refractivity contribution is 0.415. The van der Waals surface area contributed by atoms with Crippen molar-refractivity contribution < 1.29 is 9.13 Å². The summed E-state index contributed by atoms with van der Waals surface area (Å²) in [5.74, 6) is 1.93. The van der Waals surface area contributed by atoms with Gasteiger partial charge in [0.15, 0.2) is 5.82 Å². The molecule has 31 heavy (non-hydrogen) atoms. The molecule has 5 rings (SSSR count). The zero-order valence-corrected chi connectivity index (χ0v) is 17.5. The molecule has 2 saturated heterocycles. The van der Waals surface area contributed by atoms with Crippen LogP contribution in [0.25, 0.3) is 11.3 Å². The van der Waals surface area contributed by atoms with Gasteiger partial charge in [0.2, 0.25) is 5.95 Å². The van der Waals surface area contributed by atoms with Crippen molar-refractivity contribution in [3.05, 3.63) is 65.0 Å². The molecule has 2 aliphatic rings. The third-order valence-electron chi connectivity index (χ3n) is 6.37. The zero-order chi connectivity index (χ0) is 21.5. The van der Waals surface area contributed by atoms with E-state index in [-0.39, 0.29) is 5.56 Å². The number of aromatic nitrogens is 3. The third kappa shape index (κ3) is 3.52. The minimum atomic E-state index is -0.484. The number of benzene rings is 1. The van der Waals surface area contributed by atoms with E-state index in [2.05, 4.69) is 31.9 Å². The molecule has 1 aromatic carbocycles. The fraction of sp³-hybridized carbons (Fsp3) is 0.348. The van der Waals surface area contributed by atoms with Gasteiger partial charge >= 0.3 is 0 Å². The van der Waals surface area contributed by atoms with Crippen LogP contribution in [0.1, 0.15) is 0 Å². The Morgan fingerprint density at radius 3 is 2.35 bits per heavy atom. The van der Waals surface area contributed by atoms with Gasteiger partial charge in [0, 0.05) is 68.6 Å². The summed E-state index contributed by atoms with van der Waals surface area (Å²) in [6.07, 6.45) is 2.65. The lowest BCUT2D eigenvalue weighted by atomic mass is 10.0. The fourth-order valence-electron chi connectivity index (χ4n) is 4.69. The van der Waals surface area contributed by atoms with E-state index in [1.165, 1.54) is 18.0 Å². The Kier molecular flexibility index (Phi) is 4.84. The summed E-state index contributed by atoms with van der Waals surface area (Å²) in [5, 5.41) is 0. The topological polar surface area (TPSA) is 63.5 Å². The predicted molar refractivity (Wildman–Crippen MR) is 117 cm³/mol. The summed E-state index contributed by atoms with van der Waals surface area (Å²) in [6.45, 7) is 3.56. The molecule has 0 amide bonds. The molecule has 7 nitrogen and oxygen atoms in total. The van der Waals surface area contributed by atoms with E-state index < -0.39 is 5.82 Å². The van der Waals surface area contributed by atoms with Crippen LogP contribution in [0.4, 0.5) is 16.0 Å². The zero-order valence-electron chi connectivity index (χ0n) is 17.5. The average Bonchev–Trinajstić information content (AvgIpc) is 3.35. The standard InChI is InChI=1S/C23H24FN5O2/c1-27-22(30)9-21(19-7-8-25-10-20(19)24)26-23(27)29-13-15-11-28(12-16(15)14-29)17-3-5-18(31-2)6-4-17/h3-10,15-16H,11-14H2,1-2H3/t15-,16+. The van der Waals surface area contributed by atoms with Crippen LogP contribution >= 0.6 is 0 Å². The third-order valence-corrected chi connectivity index (χ3v) is 6.37. The Balaban J connectivity index is 1.36. The Bertz CT molecular complexity index is 1150. The Morgan fingerprint density at radius 2 is 1.71 bits per heavy atom. The Hall–Kier alpha value is -3.42. The largest absolute Gasteiger partial charge is 0.497 e. The molecule has 2 aromatic heterocycles. The number of methoxy groups -OCH3 is 1. The Morgan fingerprint density at radius 1 is 1.03 bits per heavy atom. The van der Waals surface area contributed by atoms with E-state index in [9.17, 15) is 9.18 Å². The summed E-state index contributed by atoms with van der Waals surface area (Å²) in [6, 6.07) is 11.1. The highest BCUT2D eigenvalue weighted by atomic mass is 19.1. The molecule has 0 N–H and O–H groups in total. The molecule has 0 bridgehead atoms. The van der Waals surface area contributed by atoms with Crippen LogP contribution in [0.5, 0.6) is 5.75 Å². The normalized spacial score (nSPS) is 20.2. The van der Waals surface area contributed by atoms with Crippen LogP contribution < -0.4 is 20.1 Å². The first kappa shape index (κ1) is 19.5. The molecule has 0 unspecified atom stereocenters. The van der Waals surface area contributed by atoms with Crippen LogP contribution in [0.15, 0.2) is 53.6 Å². The molecule has 2 fully saturated rings. The van der Waals surface area contributed by atoms with Crippen molar-refractivity contribution in [3.63, 3.8) is 0 Å². The monoisotopic (exact) mass is 421 g/mol. The number of hydrogen-bond donors (Lipinski definition) is 0. The van der Waals surface area contributed by atoms with E-state index in [4.69, 9.17) is 4.74 Å². The maximum absolute atomic E-state index is 14.2. The molecular formula is C23H24FN5O2. The molecule has 0 spiro atoms. The molecule has 0 saturated carbocycles. The first-order valence-corrected chi connectivity index (χ1v) is 10.4. The second-order valence-corrected chi connectivity index (χ2v) is 8.22. The lowest BCUT2D eigenvalue weighted by Gasteiger charge is -2.25. The second kappa shape index (κ2) is 7.68. The molecule has 0 aliphatic carbocycles. The number of fused-ring (bicyclic) bond motifs is 1. The average molecular weight is 421 g/mol. The van der Waals surface area contributed by atoms with Crippen molar-refractivity contribution in [2.24, 2.45) is 18.9 Å². The van der Waals surface area contributed by atoms with Gasteiger partial charge in [-0.15, -0.1) is 0 Å². The van der Waals surface area contributed by atoms with Gasteiger partial charge in [-0.1, -0.05) is 0 Å². The van der Waals surface area contributed by atoms with Crippen molar-refractivity contribution >= 4 is 11.6 Å². The van der Waals surface area contributed by atoms with Gasteiger partial charge in [0.25, 0.3) is 5.56 Å². The van der Waals surface area contributed by atoms with Crippen LogP contribution in [-0.2, 0) is 7.05 Å². The van der Waals surface area contributed by atoms with Gasteiger partial charge in [0.1, 0.15) is 5.75 Å². The highest BCUT2D eigenvalue weighted by Gasteiger charge is 2.41. The van der Waals surface area contributed by atoms with E-state index in [1.807, 2.05) is 12.1 Å². The number of pyridine rings is 1. The van der Waals surface area contributed by atoms with Crippen LogP contribution in [-0.4, -0.2) is 47.8 Å². The molecule has 8 heteroatoms. The summed E-state index contributed by atoms with van der Waals surface area (Å²) < 4.78 is 21.0. The minimum Gasteiger partial charge on any atom is -0.497 e. The first-order valence-electron chi connectivity index (χ1n) is 10.4.